The van der Waals surface area contributed by atoms with Gasteiger partial charge in [-0.05, 0) is 25.5 Å². The van der Waals surface area contributed by atoms with Crippen LogP contribution in [0.3, 0.4) is 0 Å². The molecule has 0 aliphatic carbocycles. The lowest BCUT2D eigenvalue weighted by Crippen LogP contribution is -2.01. The molecule has 0 saturated carbocycles. The van der Waals surface area contributed by atoms with E-state index in [0.29, 0.717) is 20.7 Å². The molecule has 0 bridgehead atoms. The van der Waals surface area contributed by atoms with Gasteiger partial charge in [-0.3, -0.25) is 0 Å². The molecule has 1 aromatic heterocycles. The van der Waals surface area contributed by atoms with Crippen LogP contribution < -0.4 is 0 Å². The van der Waals surface area contributed by atoms with Gasteiger partial charge >= 0.3 is 0 Å². The van der Waals surface area contributed by atoms with Gasteiger partial charge in [-0.15, -0.1) is 11.3 Å². The Morgan fingerprint density at radius 2 is 1.72 bits per heavy atom. The third-order valence-corrected chi connectivity index (χ3v) is 4.27. The number of hydrogen-bond donors (Lipinski definition) is 1. The quantitative estimate of drug-likeness (QED) is 0.850. The summed E-state index contributed by atoms with van der Waals surface area (Å²) in [6, 6.07) is 8.02. The third-order valence-electron chi connectivity index (χ3n) is 2.75. The maximum atomic E-state index is 10.2. The minimum atomic E-state index is -0.609. The van der Waals surface area contributed by atoms with Crippen LogP contribution in [0, 0.1) is 13.8 Å². The molecule has 1 aromatic carbocycles. The number of benzene rings is 1. The standard InChI is InChI=1S/C14H14Cl2OS/c1-8-3-9(2)5-10(4-8)6-12(17)11-7-13(15)18-14(11)16/h3-5,7,12,17H,6H2,1-2H3. The van der Waals surface area contributed by atoms with Crippen LogP contribution in [0.15, 0.2) is 24.3 Å². The zero-order valence-electron chi connectivity index (χ0n) is 10.2. The summed E-state index contributed by atoms with van der Waals surface area (Å²) in [5.41, 5.74) is 4.22. The van der Waals surface area contributed by atoms with Crippen LogP contribution in [0.25, 0.3) is 0 Å². The summed E-state index contributed by atoms with van der Waals surface area (Å²) >= 11 is 13.2. The van der Waals surface area contributed by atoms with Crippen molar-refractivity contribution >= 4 is 34.5 Å². The molecular weight excluding hydrogens is 287 g/mol. The normalized spacial score (nSPS) is 12.7. The Balaban J connectivity index is 2.20. The van der Waals surface area contributed by atoms with Crippen molar-refractivity contribution in [3.05, 3.63) is 55.2 Å². The Morgan fingerprint density at radius 1 is 1.11 bits per heavy atom. The van der Waals surface area contributed by atoms with Gasteiger partial charge in [0.2, 0.25) is 0 Å². The van der Waals surface area contributed by atoms with E-state index in [1.165, 1.54) is 22.5 Å². The van der Waals surface area contributed by atoms with Gasteiger partial charge in [0.1, 0.15) is 4.34 Å². The Hall–Kier alpha value is -0.540. The lowest BCUT2D eigenvalue weighted by atomic mass is 10.00. The van der Waals surface area contributed by atoms with Gasteiger partial charge in [-0.1, -0.05) is 52.5 Å². The van der Waals surface area contributed by atoms with E-state index in [1.807, 2.05) is 0 Å². The summed E-state index contributed by atoms with van der Waals surface area (Å²) in [6.07, 6.45) is -0.0579. The van der Waals surface area contributed by atoms with Gasteiger partial charge < -0.3 is 5.11 Å². The van der Waals surface area contributed by atoms with Gasteiger partial charge in [0.15, 0.2) is 0 Å². The summed E-state index contributed by atoms with van der Waals surface area (Å²) in [5, 5.41) is 10.2. The Bertz CT molecular complexity index is 543. The summed E-state index contributed by atoms with van der Waals surface area (Å²) in [4.78, 5) is 0. The predicted molar refractivity (Wildman–Crippen MR) is 78.9 cm³/mol. The molecule has 18 heavy (non-hydrogen) atoms. The molecular formula is C14H14Cl2OS. The number of thiophene rings is 1. The maximum Gasteiger partial charge on any atom is 0.100 e. The summed E-state index contributed by atoms with van der Waals surface area (Å²) in [5.74, 6) is 0. The van der Waals surface area contributed by atoms with Crippen molar-refractivity contribution in [1.82, 2.24) is 0 Å². The van der Waals surface area contributed by atoms with Gasteiger partial charge in [0, 0.05) is 12.0 Å². The van der Waals surface area contributed by atoms with Gasteiger partial charge in [-0.25, -0.2) is 0 Å². The topological polar surface area (TPSA) is 20.2 Å². The largest absolute Gasteiger partial charge is 0.388 e. The Labute approximate surface area is 121 Å². The van der Waals surface area contributed by atoms with Crippen molar-refractivity contribution < 1.29 is 5.11 Å². The molecule has 4 heteroatoms. The highest BCUT2D eigenvalue weighted by molar-refractivity contribution is 7.20. The highest BCUT2D eigenvalue weighted by Crippen LogP contribution is 2.36. The lowest BCUT2D eigenvalue weighted by molar-refractivity contribution is 0.179. The first-order chi connectivity index (χ1) is 8.45. The predicted octanol–water partition coefficient (Wildman–Crippen LogP) is 4.95. The van der Waals surface area contributed by atoms with Crippen LogP contribution in [-0.2, 0) is 6.42 Å². The molecule has 0 radical (unpaired) electrons. The molecule has 0 aliphatic heterocycles. The maximum absolute atomic E-state index is 10.2. The zero-order valence-corrected chi connectivity index (χ0v) is 12.5. The van der Waals surface area contributed by atoms with E-state index in [2.05, 4.69) is 32.0 Å². The van der Waals surface area contributed by atoms with E-state index < -0.39 is 6.10 Å². The fourth-order valence-corrected chi connectivity index (χ4v) is 3.67. The average Bonchev–Trinajstić information content (AvgIpc) is 2.56. The summed E-state index contributed by atoms with van der Waals surface area (Å²) < 4.78 is 1.17. The SMILES string of the molecule is Cc1cc(C)cc(CC(O)c2cc(Cl)sc2Cl)c1. The molecule has 96 valence electrons. The van der Waals surface area contributed by atoms with E-state index in [9.17, 15) is 5.11 Å². The van der Waals surface area contributed by atoms with Crippen LogP contribution in [0.2, 0.25) is 8.67 Å². The highest BCUT2D eigenvalue weighted by atomic mass is 35.5. The Kier molecular flexibility index (Phi) is 4.33. The molecule has 0 aliphatic rings. The second-order valence-corrected chi connectivity index (χ2v) is 6.78. The fourth-order valence-electron chi connectivity index (χ4n) is 2.10. The molecule has 2 rings (SSSR count). The van der Waals surface area contributed by atoms with Crippen molar-refractivity contribution in [1.29, 1.82) is 0 Å². The van der Waals surface area contributed by atoms with Crippen molar-refractivity contribution in [2.45, 2.75) is 26.4 Å². The minimum absolute atomic E-state index is 0.551. The van der Waals surface area contributed by atoms with E-state index in [1.54, 1.807) is 6.07 Å². The van der Waals surface area contributed by atoms with E-state index >= 15 is 0 Å². The van der Waals surface area contributed by atoms with E-state index in [4.69, 9.17) is 23.2 Å². The summed E-state index contributed by atoms with van der Waals surface area (Å²) in [6.45, 7) is 4.11. The number of halogens is 2. The molecule has 1 heterocycles. The third kappa shape index (κ3) is 3.27. The smallest absolute Gasteiger partial charge is 0.100 e. The van der Waals surface area contributed by atoms with Crippen LogP contribution in [0.1, 0.15) is 28.4 Å². The monoisotopic (exact) mass is 300 g/mol. The Morgan fingerprint density at radius 3 is 2.22 bits per heavy atom. The van der Waals surface area contributed by atoms with Crippen molar-refractivity contribution in [3.63, 3.8) is 0 Å². The van der Waals surface area contributed by atoms with Gasteiger partial charge in [-0.2, -0.15) is 0 Å². The molecule has 1 N–H and O–H groups in total. The minimum Gasteiger partial charge on any atom is -0.388 e. The molecule has 1 unspecified atom stereocenters. The number of hydrogen-bond acceptors (Lipinski definition) is 2. The number of rotatable bonds is 3. The van der Waals surface area contributed by atoms with Crippen LogP contribution in [0.5, 0.6) is 0 Å². The van der Waals surface area contributed by atoms with Crippen LogP contribution in [0.4, 0.5) is 0 Å². The number of aliphatic hydroxyl groups is 1. The molecule has 0 amide bonds. The fraction of sp³-hybridized carbons (Fsp3) is 0.286. The second-order valence-electron chi connectivity index (χ2n) is 4.50. The first-order valence-corrected chi connectivity index (χ1v) is 7.23. The van der Waals surface area contributed by atoms with Gasteiger partial charge in [0.25, 0.3) is 0 Å². The summed E-state index contributed by atoms with van der Waals surface area (Å²) in [7, 11) is 0. The molecule has 0 fully saturated rings. The molecule has 2 aromatic rings. The highest BCUT2D eigenvalue weighted by Gasteiger charge is 2.15. The van der Waals surface area contributed by atoms with Crippen LogP contribution >= 0.6 is 34.5 Å². The van der Waals surface area contributed by atoms with E-state index in [-0.39, 0.29) is 0 Å². The second kappa shape index (κ2) is 5.62. The lowest BCUT2D eigenvalue weighted by Gasteiger charge is -2.11. The molecule has 1 atom stereocenters. The molecule has 0 saturated heterocycles. The molecule has 1 nitrogen and oxygen atoms in total. The van der Waals surface area contributed by atoms with E-state index in [0.717, 1.165) is 5.56 Å². The van der Waals surface area contributed by atoms with Crippen molar-refractivity contribution in [3.8, 4) is 0 Å². The number of aliphatic hydroxyl groups excluding tert-OH is 1. The molecule has 0 spiro atoms. The average molecular weight is 301 g/mol. The zero-order chi connectivity index (χ0) is 13.3. The first kappa shape index (κ1) is 13.9. The van der Waals surface area contributed by atoms with Crippen LogP contribution in [-0.4, -0.2) is 5.11 Å². The first-order valence-electron chi connectivity index (χ1n) is 5.65. The van der Waals surface area contributed by atoms with Gasteiger partial charge in [0.05, 0.1) is 10.4 Å². The van der Waals surface area contributed by atoms with Crippen molar-refractivity contribution in [2.75, 3.05) is 0 Å². The van der Waals surface area contributed by atoms with Crippen molar-refractivity contribution in [2.24, 2.45) is 0 Å². The number of aryl methyl sites for hydroxylation is 2.